The van der Waals surface area contributed by atoms with Crippen molar-refractivity contribution in [2.24, 2.45) is 0 Å². The van der Waals surface area contributed by atoms with Crippen LogP contribution in [0, 0.1) is 6.07 Å². The number of para-hydroxylation sites is 1. The molecule has 0 fully saturated rings. The monoisotopic (exact) mass is 178 g/mol. The van der Waals surface area contributed by atoms with E-state index in [1.54, 1.807) is 24.3 Å². The Kier molecular flexibility index (Phi) is 7.74. The fourth-order valence-electron chi connectivity index (χ4n) is 0.770. The minimum absolute atomic E-state index is 0. The van der Waals surface area contributed by atoms with Gasteiger partial charge in [0.25, 0.3) is 0 Å². The quantitative estimate of drug-likeness (QED) is 0.440. The van der Waals surface area contributed by atoms with Crippen molar-refractivity contribution in [1.29, 1.82) is 0 Å². The van der Waals surface area contributed by atoms with Gasteiger partial charge in [-0.3, -0.25) is 0 Å². The van der Waals surface area contributed by atoms with Gasteiger partial charge >= 0.3 is 18.9 Å². The summed E-state index contributed by atoms with van der Waals surface area (Å²) >= 11 is 0. The van der Waals surface area contributed by atoms with Crippen molar-refractivity contribution in [3.8, 4) is 5.75 Å². The van der Waals surface area contributed by atoms with Gasteiger partial charge in [0.05, 0.1) is 0 Å². The van der Waals surface area contributed by atoms with E-state index in [2.05, 4.69) is 6.07 Å². The fourth-order valence-corrected chi connectivity index (χ4v) is 0.770. The van der Waals surface area contributed by atoms with Gasteiger partial charge in [0.2, 0.25) is 0 Å². The maximum Gasteiger partial charge on any atom is 1.00 e. The number of hydrogen-bond donors (Lipinski definition) is 1. The average molecular weight is 178 g/mol. The second-order valence-electron chi connectivity index (χ2n) is 2.41. The molecule has 0 heterocycles. The smallest absolute Gasteiger partial charge is 0.508 e. The summed E-state index contributed by atoms with van der Waals surface area (Å²) < 4.78 is 0. The third-order valence-electron chi connectivity index (χ3n) is 1.36. The standard InChI is InChI=1S/C6H6O.C6H5.Li/c7-6-4-2-1-3-5-6;1-2-4-6-5-3-1;/h1-5,7H;1-5H;/q;-1;+1. The largest absolute Gasteiger partial charge is 1.00 e. The first kappa shape index (κ1) is 12.8. The van der Waals surface area contributed by atoms with Crippen LogP contribution in [0.25, 0.3) is 0 Å². The molecule has 2 rings (SSSR count). The van der Waals surface area contributed by atoms with Crippen LogP contribution in [0.2, 0.25) is 0 Å². The third-order valence-corrected chi connectivity index (χ3v) is 1.36. The number of hydrogen-bond acceptors (Lipinski definition) is 1. The Hall–Kier alpha value is -1.16. The summed E-state index contributed by atoms with van der Waals surface area (Å²) in [5, 5.41) is 8.63. The maximum atomic E-state index is 8.63. The molecule has 0 unspecified atom stereocenters. The van der Waals surface area contributed by atoms with E-state index in [9.17, 15) is 0 Å². The molecule has 0 amide bonds. The van der Waals surface area contributed by atoms with E-state index >= 15 is 0 Å². The second kappa shape index (κ2) is 8.44. The first-order valence-corrected chi connectivity index (χ1v) is 4.04. The molecule has 0 saturated carbocycles. The minimum atomic E-state index is 0. The van der Waals surface area contributed by atoms with Crippen molar-refractivity contribution in [1.82, 2.24) is 0 Å². The second-order valence-corrected chi connectivity index (χ2v) is 2.41. The molecule has 0 saturated heterocycles. The number of benzene rings is 2. The van der Waals surface area contributed by atoms with Crippen LogP contribution in [0.4, 0.5) is 0 Å². The van der Waals surface area contributed by atoms with Gasteiger partial charge in [0, 0.05) is 0 Å². The molecule has 66 valence electrons. The van der Waals surface area contributed by atoms with Crippen LogP contribution in [0.5, 0.6) is 5.75 Å². The Morgan fingerprint density at radius 3 is 1.50 bits per heavy atom. The van der Waals surface area contributed by atoms with E-state index < -0.39 is 0 Å². The molecule has 0 aromatic heterocycles. The molecule has 1 N–H and O–H groups in total. The molecule has 0 aliphatic carbocycles. The Balaban J connectivity index is 0.000000227. The van der Waals surface area contributed by atoms with Gasteiger partial charge in [-0.1, -0.05) is 18.2 Å². The minimum Gasteiger partial charge on any atom is -0.508 e. The van der Waals surface area contributed by atoms with Crippen LogP contribution in [0.15, 0.2) is 60.7 Å². The Bertz CT molecular complexity index is 281. The summed E-state index contributed by atoms with van der Waals surface area (Å²) in [4.78, 5) is 0. The van der Waals surface area contributed by atoms with Crippen LogP contribution >= 0.6 is 0 Å². The predicted molar refractivity (Wildman–Crippen MR) is 53.4 cm³/mol. The van der Waals surface area contributed by atoms with E-state index in [1.165, 1.54) is 0 Å². The molecule has 0 radical (unpaired) electrons. The van der Waals surface area contributed by atoms with Crippen molar-refractivity contribution in [2.45, 2.75) is 0 Å². The third kappa shape index (κ3) is 6.36. The number of aromatic hydroxyl groups is 1. The number of rotatable bonds is 0. The zero-order valence-electron chi connectivity index (χ0n) is 8.22. The van der Waals surface area contributed by atoms with Crippen molar-refractivity contribution >= 4 is 0 Å². The van der Waals surface area contributed by atoms with E-state index in [1.807, 2.05) is 36.4 Å². The molecule has 0 spiro atoms. The molecule has 0 bridgehead atoms. The van der Waals surface area contributed by atoms with Crippen LogP contribution in [-0.4, -0.2) is 5.11 Å². The fraction of sp³-hybridized carbons (Fsp3) is 0. The zero-order chi connectivity index (χ0) is 9.36. The molecule has 0 aliphatic heterocycles. The molecule has 2 aromatic carbocycles. The van der Waals surface area contributed by atoms with Crippen LogP contribution < -0.4 is 18.9 Å². The van der Waals surface area contributed by atoms with E-state index in [0.717, 1.165) is 0 Å². The van der Waals surface area contributed by atoms with Crippen LogP contribution in [0.3, 0.4) is 0 Å². The normalized spacial score (nSPS) is 7.71. The first-order chi connectivity index (χ1) is 6.39. The molecular formula is C12H11LiO. The predicted octanol–water partition coefficient (Wildman–Crippen LogP) is -0.117. The maximum absolute atomic E-state index is 8.63. The van der Waals surface area contributed by atoms with Crippen molar-refractivity contribution in [2.75, 3.05) is 0 Å². The summed E-state index contributed by atoms with van der Waals surface area (Å²) in [5.41, 5.74) is 0. The van der Waals surface area contributed by atoms with Crippen LogP contribution in [-0.2, 0) is 0 Å². The SMILES string of the molecule is Oc1ccccc1.[Li+].[c-]1ccccc1. The van der Waals surface area contributed by atoms with Crippen molar-refractivity contribution < 1.29 is 24.0 Å². The molecule has 14 heavy (non-hydrogen) atoms. The molecule has 2 heteroatoms. The first-order valence-electron chi connectivity index (χ1n) is 4.04. The van der Waals surface area contributed by atoms with E-state index in [-0.39, 0.29) is 18.9 Å². The molecule has 0 aliphatic rings. The summed E-state index contributed by atoms with van der Waals surface area (Å²) in [7, 11) is 0. The average Bonchev–Trinajstić information content (AvgIpc) is 2.22. The van der Waals surface area contributed by atoms with Gasteiger partial charge in [-0.15, -0.1) is 0 Å². The topological polar surface area (TPSA) is 20.2 Å². The summed E-state index contributed by atoms with van der Waals surface area (Å²) in [6.07, 6.45) is 0. The number of phenolic OH excluding ortho intramolecular Hbond substituents is 1. The summed E-state index contributed by atoms with van der Waals surface area (Å²) in [6, 6.07) is 21.2. The van der Waals surface area contributed by atoms with Crippen LogP contribution in [0.1, 0.15) is 0 Å². The van der Waals surface area contributed by atoms with E-state index in [4.69, 9.17) is 5.11 Å². The van der Waals surface area contributed by atoms with Gasteiger partial charge in [-0.2, -0.15) is 36.4 Å². The Morgan fingerprint density at radius 2 is 1.29 bits per heavy atom. The Morgan fingerprint density at radius 1 is 0.786 bits per heavy atom. The van der Waals surface area contributed by atoms with Gasteiger partial charge in [-0.05, 0) is 12.1 Å². The number of phenols is 1. The van der Waals surface area contributed by atoms with Crippen molar-refractivity contribution in [3.05, 3.63) is 66.7 Å². The van der Waals surface area contributed by atoms with Crippen molar-refractivity contribution in [3.63, 3.8) is 0 Å². The summed E-state index contributed by atoms with van der Waals surface area (Å²) in [6.45, 7) is 0. The van der Waals surface area contributed by atoms with Gasteiger partial charge < -0.3 is 5.11 Å². The van der Waals surface area contributed by atoms with E-state index in [0.29, 0.717) is 5.75 Å². The zero-order valence-corrected chi connectivity index (χ0v) is 8.22. The van der Waals surface area contributed by atoms with Gasteiger partial charge in [0.1, 0.15) is 5.75 Å². The Labute approximate surface area is 96.6 Å². The molecular weight excluding hydrogens is 167 g/mol. The molecule has 2 aromatic rings. The summed E-state index contributed by atoms with van der Waals surface area (Å²) in [5.74, 6) is 0.322. The van der Waals surface area contributed by atoms with Gasteiger partial charge in [-0.25, -0.2) is 0 Å². The van der Waals surface area contributed by atoms with Gasteiger partial charge in [0.15, 0.2) is 0 Å². The molecule has 1 nitrogen and oxygen atoms in total. The molecule has 0 atom stereocenters.